The third kappa shape index (κ3) is 4.42. The van der Waals surface area contributed by atoms with Crippen LogP contribution in [0.4, 0.5) is 4.39 Å². The van der Waals surface area contributed by atoms with Crippen molar-refractivity contribution in [3.63, 3.8) is 0 Å². The molecule has 2 heterocycles. The Morgan fingerprint density at radius 2 is 2.32 bits per heavy atom. The molecule has 1 unspecified atom stereocenters. The molecule has 2 aromatic rings. The summed E-state index contributed by atoms with van der Waals surface area (Å²) in [5.74, 6) is 0.492. The van der Waals surface area contributed by atoms with Gasteiger partial charge in [0.25, 0.3) is 5.91 Å². The second kappa shape index (κ2) is 8.51. The Morgan fingerprint density at radius 1 is 1.52 bits per heavy atom. The summed E-state index contributed by atoms with van der Waals surface area (Å²) in [7, 11) is 1.90. The van der Waals surface area contributed by atoms with Crippen LogP contribution in [0.2, 0.25) is 5.02 Å². The standard InChI is InChI=1S/C16H18ClFN4O2.ClH/c1-21-6-5-20-16(21)13-9-19-4-7-22(13)15(23)10-24-14-3-2-11(18)8-12(14)17;/h2-3,5-6,8,13,19H,4,7,9-10H2,1H3;1H. The third-order valence-corrected chi connectivity index (χ3v) is 4.26. The molecule has 6 nitrogen and oxygen atoms in total. The molecule has 3 rings (SSSR count). The highest BCUT2D eigenvalue weighted by molar-refractivity contribution is 6.32. The SMILES string of the molecule is Cl.Cn1ccnc1C1CNCCN1C(=O)COc1ccc(F)cc1Cl. The molecule has 1 aromatic heterocycles. The third-order valence-electron chi connectivity index (χ3n) is 3.97. The van der Waals surface area contributed by atoms with Crippen LogP contribution in [0.25, 0.3) is 0 Å². The van der Waals surface area contributed by atoms with Crippen LogP contribution in [0.15, 0.2) is 30.6 Å². The van der Waals surface area contributed by atoms with Gasteiger partial charge in [0.2, 0.25) is 0 Å². The largest absolute Gasteiger partial charge is 0.482 e. The van der Waals surface area contributed by atoms with Gasteiger partial charge in [-0.25, -0.2) is 9.37 Å². The van der Waals surface area contributed by atoms with Gasteiger partial charge in [0, 0.05) is 39.1 Å². The summed E-state index contributed by atoms with van der Waals surface area (Å²) in [6.45, 7) is 1.75. The van der Waals surface area contributed by atoms with E-state index in [2.05, 4.69) is 10.3 Å². The molecule has 1 aliphatic heterocycles. The molecule has 136 valence electrons. The molecule has 1 N–H and O–H groups in total. The number of aryl methyl sites for hydroxylation is 1. The van der Waals surface area contributed by atoms with Crippen molar-refractivity contribution in [1.82, 2.24) is 19.8 Å². The Labute approximate surface area is 156 Å². The van der Waals surface area contributed by atoms with E-state index in [9.17, 15) is 9.18 Å². The number of halogens is 3. The fourth-order valence-electron chi connectivity index (χ4n) is 2.75. The fourth-order valence-corrected chi connectivity index (χ4v) is 2.97. The van der Waals surface area contributed by atoms with E-state index in [-0.39, 0.29) is 41.7 Å². The number of ether oxygens (including phenoxy) is 1. The number of carbonyl (C=O) groups is 1. The molecular formula is C16H19Cl2FN4O2. The van der Waals surface area contributed by atoms with E-state index in [0.29, 0.717) is 19.6 Å². The van der Waals surface area contributed by atoms with E-state index in [1.54, 1.807) is 11.1 Å². The van der Waals surface area contributed by atoms with Gasteiger partial charge in [-0.15, -0.1) is 12.4 Å². The van der Waals surface area contributed by atoms with Crippen LogP contribution < -0.4 is 10.1 Å². The van der Waals surface area contributed by atoms with Gasteiger partial charge >= 0.3 is 0 Å². The van der Waals surface area contributed by atoms with Gasteiger partial charge in [-0.2, -0.15) is 0 Å². The lowest BCUT2D eigenvalue weighted by Crippen LogP contribution is -2.50. The summed E-state index contributed by atoms with van der Waals surface area (Å²) in [5.41, 5.74) is 0. The van der Waals surface area contributed by atoms with Crippen LogP contribution in [0.1, 0.15) is 11.9 Å². The molecule has 0 saturated carbocycles. The number of hydrogen-bond donors (Lipinski definition) is 1. The summed E-state index contributed by atoms with van der Waals surface area (Å²) in [4.78, 5) is 18.7. The predicted octanol–water partition coefficient (Wildman–Crippen LogP) is 2.19. The highest BCUT2D eigenvalue weighted by Crippen LogP contribution is 2.25. The van der Waals surface area contributed by atoms with Crippen LogP contribution in [0.5, 0.6) is 5.75 Å². The number of nitrogens with zero attached hydrogens (tertiary/aromatic N) is 3. The fraction of sp³-hybridized carbons (Fsp3) is 0.375. The van der Waals surface area contributed by atoms with Crippen LogP contribution in [0.3, 0.4) is 0 Å². The van der Waals surface area contributed by atoms with Crippen molar-refractivity contribution in [2.45, 2.75) is 6.04 Å². The van der Waals surface area contributed by atoms with Crippen molar-refractivity contribution < 1.29 is 13.9 Å². The Bertz CT molecular complexity index is 741. The Kier molecular flexibility index (Phi) is 6.64. The molecule has 0 bridgehead atoms. The van der Waals surface area contributed by atoms with E-state index in [1.807, 2.05) is 17.8 Å². The molecule has 0 radical (unpaired) electrons. The van der Waals surface area contributed by atoms with Gasteiger partial charge < -0.3 is 19.5 Å². The number of aromatic nitrogens is 2. The van der Waals surface area contributed by atoms with E-state index in [1.165, 1.54) is 12.1 Å². The quantitative estimate of drug-likeness (QED) is 0.871. The van der Waals surface area contributed by atoms with Gasteiger partial charge in [0.05, 0.1) is 5.02 Å². The monoisotopic (exact) mass is 388 g/mol. The number of carbonyl (C=O) groups excluding carboxylic acids is 1. The lowest BCUT2D eigenvalue weighted by molar-refractivity contribution is -0.137. The Hall–Kier alpha value is -1.83. The minimum absolute atomic E-state index is 0. The van der Waals surface area contributed by atoms with Crippen LogP contribution in [-0.4, -0.2) is 46.6 Å². The van der Waals surface area contributed by atoms with Crippen molar-refractivity contribution in [3.05, 3.63) is 47.3 Å². The molecule has 1 aliphatic rings. The minimum Gasteiger partial charge on any atom is -0.482 e. The highest BCUT2D eigenvalue weighted by atomic mass is 35.5. The van der Waals surface area contributed by atoms with Gasteiger partial charge in [0.15, 0.2) is 6.61 Å². The lowest BCUT2D eigenvalue weighted by Gasteiger charge is -2.35. The zero-order valence-electron chi connectivity index (χ0n) is 13.6. The van der Waals surface area contributed by atoms with E-state index >= 15 is 0 Å². The average Bonchev–Trinajstić information content (AvgIpc) is 2.99. The predicted molar refractivity (Wildman–Crippen MR) is 94.7 cm³/mol. The van der Waals surface area contributed by atoms with Gasteiger partial charge in [-0.1, -0.05) is 11.6 Å². The van der Waals surface area contributed by atoms with Crippen molar-refractivity contribution in [3.8, 4) is 5.75 Å². The van der Waals surface area contributed by atoms with E-state index < -0.39 is 5.82 Å². The topological polar surface area (TPSA) is 59.4 Å². The normalized spacial score (nSPS) is 17.1. The minimum atomic E-state index is -0.448. The van der Waals surface area contributed by atoms with Crippen molar-refractivity contribution in [2.24, 2.45) is 7.05 Å². The van der Waals surface area contributed by atoms with Crippen LogP contribution >= 0.6 is 24.0 Å². The molecule has 1 aromatic carbocycles. The molecule has 1 fully saturated rings. The maximum Gasteiger partial charge on any atom is 0.261 e. The molecule has 9 heteroatoms. The molecule has 0 spiro atoms. The number of imidazole rings is 1. The first-order chi connectivity index (χ1) is 11.6. The first-order valence-electron chi connectivity index (χ1n) is 7.61. The number of piperazine rings is 1. The molecule has 1 atom stereocenters. The average molecular weight is 389 g/mol. The van der Waals surface area contributed by atoms with Crippen molar-refractivity contribution in [1.29, 1.82) is 0 Å². The maximum atomic E-state index is 13.1. The molecular weight excluding hydrogens is 370 g/mol. The van der Waals surface area contributed by atoms with Crippen LogP contribution in [-0.2, 0) is 11.8 Å². The number of rotatable bonds is 4. The smallest absolute Gasteiger partial charge is 0.261 e. The van der Waals surface area contributed by atoms with Gasteiger partial charge in [-0.3, -0.25) is 4.79 Å². The first kappa shape index (κ1) is 19.5. The number of hydrogen-bond acceptors (Lipinski definition) is 4. The number of nitrogens with one attached hydrogen (secondary N) is 1. The summed E-state index contributed by atoms with van der Waals surface area (Å²) in [5, 5.41) is 3.42. The second-order valence-electron chi connectivity index (χ2n) is 5.57. The summed E-state index contributed by atoms with van der Waals surface area (Å²) in [6.07, 6.45) is 3.56. The summed E-state index contributed by atoms with van der Waals surface area (Å²) >= 11 is 5.92. The van der Waals surface area contributed by atoms with E-state index in [4.69, 9.17) is 16.3 Å². The first-order valence-corrected chi connectivity index (χ1v) is 7.99. The second-order valence-corrected chi connectivity index (χ2v) is 5.97. The summed E-state index contributed by atoms with van der Waals surface area (Å²) < 4.78 is 20.4. The van der Waals surface area contributed by atoms with E-state index in [0.717, 1.165) is 11.9 Å². The zero-order chi connectivity index (χ0) is 17.1. The highest BCUT2D eigenvalue weighted by Gasteiger charge is 2.30. The van der Waals surface area contributed by atoms with Gasteiger partial charge in [-0.05, 0) is 18.2 Å². The molecule has 1 saturated heterocycles. The Balaban J connectivity index is 0.00000225. The van der Waals surface area contributed by atoms with Gasteiger partial charge in [0.1, 0.15) is 23.4 Å². The number of benzene rings is 1. The number of amides is 1. The van der Waals surface area contributed by atoms with Crippen molar-refractivity contribution >= 4 is 29.9 Å². The zero-order valence-corrected chi connectivity index (χ0v) is 15.2. The van der Waals surface area contributed by atoms with Crippen LogP contribution in [0, 0.1) is 5.82 Å². The molecule has 25 heavy (non-hydrogen) atoms. The maximum absolute atomic E-state index is 13.1. The Morgan fingerprint density at radius 3 is 3.00 bits per heavy atom. The molecule has 0 aliphatic carbocycles. The molecule has 1 amide bonds. The van der Waals surface area contributed by atoms with Crippen molar-refractivity contribution in [2.75, 3.05) is 26.2 Å². The summed E-state index contributed by atoms with van der Waals surface area (Å²) in [6, 6.07) is 3.66. The lowest BCUT2D eigenvalue weighted by atomic mass is 10.1.